The van der Waals surface area contributed by atoms with Crippen molar-refractivity contribution < 1.29 is 19.8 Å². The first kappa shape index (κ1) is 27.2. The van der Waals surface area contributed by atoms with Crippen molar-refractivity contribution in [3.63, 3.8) is 0 Å². The number of carbonyl (C=O) groups excluding carboxylic acids is 1. The second-order valence-corrected chi connectivity index (χ2v) is 8.77. The number of unbranched alkanes of at least 4 members (excludes halogenated alkanes) is 14. The fourth-order valence-electron chi connectivity index (χ4n) is 4.30. The number of benzene rings is 1. The Bertz CT molecular complexity index is 651. The molecule has 0 unspecified atom stereocenters. The fraction of sp³-hybridized carbons (Fsp3) is 0.704. The second kappa shape index (κ2) is 16.8. The summed E-state index contributed by atoms with van der Waals surface area (Å²) in [5.41, 5.74) is 0.756. The molecule has 31 heavy (non-hydrogen) atoms. The lowest BCUT2D eigenvalue weighted by Crippen LogP contribution is -2.10. The van der Waals surface area contributed by atoms with Gasteiger partial charge in [0.25, 0.3) is 0 Å². The molecule has 176 valence electrons. The minimum absolute atomic E-state index is 0.104. The number of aromatic hydroxyl groups is 1. The Morgan fingerprint density at radius 2 is 1.16 bits per heavy atom. The second-order valence-electron chi connectivity index (χ2n) is 8.77. The Morgan fingerprint density at radius 1 is 0.710 bits per heavy atom. The third-order valence-electron chi connectivity index (χ3n) is 6.16. The number of phenolic OH excluding ortho intramolecular Hbond substituents is 1. The number of hydrogen-bond donors (Lipinski definition) is 2. The van der Waals surface area contributed by atoms with Crippen LogP contribution in [0, 0.1) is 0 Å². The third-order valence-corrected chi connectivity index (χ3v) is 6.16. The number of hydrogen-bond acceptors (Lipinski definition) is 3. The van der Waals surface area contributed by atoms with Crippen LogP contribution in [0.2, 0.25) is 0 Å². The number of aromatic carboxylic acids is 1. The van der Waals surface area contributed by atoms with Gasteiger partial charge in [-0.2, -0.15) is 0 Å². The number of carboxylic acids is 1. The third kappa shape index (κ3) is 10.8. The van der Waals surface area contributed by atoms with Crippen LogP contribution >= 0.6 is 0 Å². The van der Waals surface area contributed by atoms with Crippen LogP contribution in [0.15, 0.2) is 12.1 Å². The van der Waals surface area contributed by atoms with Gasteiger partial charge in [0.15, 0.2) is 5.78 Å². The highest BCUT2D eigenvalue weighted by Crippen LogP contribution is 2.27. The molecule has 1 aromatic rings. The van der Waals surface area contributed by atoms with E-state index in [1.54, 1.807) is 0 Å². The Labute approximate surface area is 189 Å². The van der Waals surface area contributed by atoms with Crippen molar-refractivity contribution >= 4 is 11.8 Å². The zero-order valence-corrected chi connectivity index (χ0v) is 19.9. The van der Waals surface area contributed by atoms with Gasteiger partial charge in [0.2, 0.25) is 0 Å². The molecule has 0 aliphatic rings. The van der Waals surface area contributed by atoms with Gasteiger partial charge in [-0.3, -0.25) is 4.79 Å². The summed E-state index contributed by atoms with van der Waals surface area (Å²) in [6.07, 6.45) is 19.9. The predicted octanol–water partition coefficient (Wildman–Crippen LogP) is 8.10. The van der Waals surface area contributed by atoms with Crippen LogP contribution in [0.4, 0.5) is 0 Å². The Kier molecular flexibility index (Phi) is 14.7. The minimum Gasteiger partial charge on any atom is -0.507 e. The van der Waals surface area contributed by atoms with Crippen molar-refractivity contribution in [2.45, 2.75) is 123 Å². The summed E-state index contributed by atoms with van der Waals surface area (Å²) < 4.78 is 0. The SMILES string of the molecule is CCCCCCCCCCCCCCCCCC(=O)c1c(O)ccc(C(=O)O)c1CC. The molecule has 0 atom stereocenters. The number of carbonyl (C=O) groups is 2. The van der Waals surface area contributed by atoms with Gasteiger partial charge in [-0.25, -0.2) is 4.79 Å². The maximum absolute atomic E-state index is 12.6. The summed E-state index contributed by atoms with van der Waals surface area (Å²) in [6.45, 7) is 4.07. The highest BCUT2D eigenvalue weighted by molar-refractivity contribution is 6.03. The molecule has 0 spiro atoms. The maximum Gasteiger partial charge on any atom is 0.335 e. The molecule has 0 aliphatic carbocycles. The van der Waals surface area contributed by atoms with Crippen LogP contribution in [0.25, 0.3) is 0 Å². The lowest BCUT2D eigenvalue weighted by Gasteiger charge is -2.12. The monoisotopic (exact) mass is 432 g/mol. The molecule has 0 saturated carbocycles. The first-order chi connectivity index (χ1) is 15.0. The Morgan fingerprint density at radius 3 is 1.58 bits per heavy atom. The van der Waals surface area contributed by atoms with E-state index in [-0.39, 0.29) is 22.7 Å². The molecule has 1 aromatic carbocycles. The average molecular weight is 433 g/mol. The molecule has 0 aliphatic heterocycles. The van der Waals surface area contributed by atoms with Crippen LogP contribution in [0.1, 0.15) is 143 Å². The van der Waals surface area contributed by atoms with Crippen molar-refractivity contribution in [1.29, 1.82) is 0 Å². The standard InChI is InChI=1S/C27H44O4/c1-3-5-6-7-8-9-10-11-12-13-14-15-16-17-18-19-24(28)26-22(4-2)23(27(30)31)20-21-25(26)29/h20-21,29H,3-19H2,1-2H3,(H,30,31). The van der Waals surface area contributed by atoms with E-state index < -0.39 is 5.97 Å². The molecule has 0 radical (unpaired) electrons. The lowest BCUT2D eigenvalue weighted by atomic mass is 9.93. The van der Waals surface area contributed by atoms with Crippen LogP contribution in [0.5, 0.6) is 5.75 Å². The van der Waals surface area contributed by atoms with Crippen molar-refractivity contribution in [3.8, 4) is 5.75 Å². The molecule has 0 amide bonds. The number of carboxylic acid groups (broad SMARTS) is 1. The molecule has 0 saturated heterocycles. The number of Topliss-reactive ketones (excluding diaryl/α,β-unsaturated/α-hetero) is 1. The van der Waals surface area contributed by atoms with Crippen LogP contribution in [-0.2, 0) is 6.42 Å². The molecule has 1 rings (SSSR count). The molecule has 4 nitrogen and oxygen atoms in total. The number of rotatable bonds is 19. The van der Waals surface area contributed by atoms with E-state index in [1.807, 2.05) is 6.92 Å². The van der Waals surface area contributed by atoms with Gasteiger partial charge in [0.05, 0.1) is 11.1 Å². The highest BCUT2D eigenvalue weighted by atomic mass is 16.4. The van der Waals surface area contributed by atoms with Crippen molar-refractivity contribution in [1.82, 2.24) is 0 Å². The molecule has 0 fully saturated rings. The van der Waals surface area contributed by atoms with Gasteiger partial charge in [-0.15, -0.1) is 0 Å². The van der Waals surface area contributed by atoms with Gasteiger partial charge < -0.3 is 10.2 Å². The quantitative estimate of drug-likeness (QED) is 0.171. The van der Waals surface area contributed by atoms with Crippen molar-refractivity contribution in [3.05, 3.63) is 28.8 Å². The normalized spacial score (nSPS) is 11.0. The molecule has 0 heterocycles. The van der Waals surface area contributed by atoms with E-state index in [4.69, 9.17) is 0 Å². The van der Waals surface area contributed by atoms with E-state index in [0.29, 0.717) is 18.4 Å². The largest absolute Gasteiger partial charge is 0.507 e. The Hall–Kier alpha value is -1.84. The van der Waals surface area contributed by atoms with Gasteiger partial charge in [0.1, 0.15) is 5.75 Å². The molecular formula is C27H44O4. The van der Waals surface area contributed by atoms with Gasteiger partial charge in [0, 0.05) is 6.42 Å². The van der Waals surface area contributed by atoms with Crippen LogP contribution in [0.3, 0.4) is 0 Å². The fourth-order valence-corrected chi connectivity index (χ4v) is 4.30. The van der Waals surface area contributed by atoms with E-state index >= 15 is 0 Å². The smallest absolute Gasteiger partial charge is 0.335 e. The first-order valence-electron chi connectivity index (χ1n) is 12.6. The Balaban J connectivity index is 2.13. The van der Waals surface area contributed by atoms with Gasteiger partial charge >= 0.3 is 5.97 Å². The molecular weight excluding hydrogens is 388 g/mol. The number of ketones is 1. The van der Waals surface area contributed by atoms with Crippen molar-refractivity contribution in [2.75, 3.05) is 0 Å². The van der Waals surface area contributed by atoms with Gasteiger partial charge in [-0.1, -0.05) is 104 Å². The molecule has 2 N–H and O–H groups in total. The van der Waals surface area contributed by atoms with Crippen LogP contribution < -0.4 is 0 Å². The van der Waals surface area contributed by atoms with Crippen molar-refractivity contribution in [2.24, 2.45) is 0 Å². The summed E-state index contributed by atoms with van der Waals surface area (Å²) in [6, 6.07) is 2.70. The summed E-state index contributed by atoms with van der Waals surface area (Å²) in [5, 5.41) is 19.4. The maximum atomic E-state index is 12.6. The summed E-state index contributed by atoms with van der Waals surface area (Å²) >= 11 is 0. The average Bonchev–Trinajstić information content (AvgIpc) is 2.75. The van der Waals surface area contributed by atoms with Gasteiger partial charge in [-0.05, 0) is 30.5 Å². The van der Waals surface area contributed by atoms with E-state index in [9.17, 15) is 19.8 Å². The minimum atomic E-state index is -1.06. The number of phenols is 1. The zero-order chi connectivity index (χ0) is 22.9. The predicted molar refractivity (Wildman–Crippen MR) is 128 cm³/mol. The lowest BCUT2D eigenvalue weighted by molar-refractivity contribution is 0.0695. The zero-order valence-electron chi connectivity index (χ0n) is 19.9. The first-order valence-corrected chi connectivity index (χ1v) is 12.6. The topological polar surface area (TPSA) is 74.6 Å². The van der Waals surface area contributed by atoms with E-state index in [0.717, 1.165) is 19.3 Å². The summed E-state index contributed by atoms with van der Waals surface area (Å²) in [4.78, 5) is 24.0. The molecule has 4 heteroatoms. The van der Waals surface area contributed by atoms with E-state index in [2.05, 4.69) is 6.92 Å². The molecule has 0 aromatic heterocycles. The highest BCUT2D eigenvalue weighted by Gasteiger charge is 2.21. The van der Waals surface area contributed by atoms with E-state index in [1.165, 1.54) is 89.2 Å². The molecule has 0 bridgehead atoms. The summed E-state index contributed by atoms with van der Waals surface area (Å²) in [5.74, 6) is -1.31. The van der Waals surface area contributed by atoms with Crippen LogP contribution in [-0.4, -0.2) is 22.0 Å². The summed E-state index contributed by atoms with van der Waals surface area (Å²) in [7, 11) is 0.